The van der Waals surface area contributed by atoms with Crippen LogP contribution in [0.25, 0.3) is 0 Å². The summed E-state index contributed by atoms with van der Waals surface area (Å²) in [6, 6.07) is 12.7. The van der Waals surface area contributed by atoms with Crippen LogP contribution in [0.3, 0.4) is 0 Å². The Morgan fingerprint density at radius 1 is 1.10 bits per heavy atom. The van der Waals surface area contributed by atoms with Gasteiger partial charge in [0.2, 0.25) is 5.91 Å². The average molecular weight is 548 g/mol. The molecule has 0 saturated carbocycles. The minimum Gasteiger partial charge on any atom is -0.387 e. The van der Waals surface area contributed by atoms with Crippen LogP contribution in [-0.4, -0.2) is 54.5 Å². The Bertz CT molecular complexity index is 1100. The zero-order valence-corrected chi connectivity index (χ0v) is 24.1. The minimum absolute atomic E-state index is 0.113. The maximum atomic E-state index is 14.9. The van der Waals surface area contributed by atoms with Crippen molar-refractivity contribution >= 4 is 11.6 Å². The van der Waals surface area contributed by atoms with E-state index in [1.807, 2.05) is 65.0 Å². The van der Waals surface area contributed by atoms with Crippen LogP contribution < -0.4 is 5.73 Å². The Balaban J connectivity index is 0.00000371. The van der Waals surface area contributed by atoms with Gasteiger partial charge in [-0.2, -0.15) is 0 Å². The first-order valence-corrected chi connectivity index (χ1v) is 13.3. The first-order valence-electron chi connectivity index (χ1n) is 13.3. The van der Waals surface area contributed by atoms with Crippen LogP contribution in [-0.2, 0) is 11.2 Å². The molecule has 1 atom stereocenters. The van der Waals surface area contributed by atoms with Crippen LogP contribution >= 0.6 is 0 Å². The number of nitrogens with two attached hydrogens (primary N) is 1. The third kappa shape index (κ3) is 10.3. The summed E-state index contributed by atoms with van der Waals surface area (Å²) in [6.07, 6.45) is 2.21. The first kappa shape index (κ1) is 34.1. The van der Waals surface area contributed by atoms with E-state index < -0.39 is 35.6 Å². The summed E-state index contributed by atoms with van der Waals surface area (Å²) in [7, 11) is 0.500. The van der Waals surface area contributed by atoms with Crippen LogP contribution in [0.2, 0.25) is 0 Å². The van der Waals surface area contributed by atoms with Crippen molar-refractivity contribution in [2.24, 2.45) is 16.1 Å². The van der Waals surface area contributed by atoms with E-state index in [4.69, 9.17) is 10.7 Å². The topological polar surface area (TPSA) is 78.9 Å². The number of aliphatic hydroxyl groups is 1. The normalized spacial score (nSPS) is 13.3. The lowest BCUT2D eigenvalue weighted by Crippen LogP contribution is -2.50. The molecular weight excluding hydrogens is 503 g/mol. The third-order valence-corrected chi connectivity index (χ3v) is 6.18. The summed E-state index contributed by atoms with van der Waals surface area (Å²) in [6.45, 7) is 10.0. The van der Waals surface area contributed by atoms with Crippen molar-refractivity contribution in [3.63, 3.8) is 0 Å². The SMILES string of the molecule is CCCC(=N/C(=C(\C)Cc1ccccc1)C(N(CCCN)C(=O)CO)C(C)(C)C)c1cc(F)ccc1F.CF. The highest BCUT2D eigenvalue weighted by molar-refractivity contribution is 6.01. The van der Waals surface area contributed by atoms with E-state index in [0.29, 0.717) is 57.4 Å². The molecule has 1 amide bonds. The molecule has 2 aromatic rings. The summed E-state index contributed by atoms with van der Waals surface area (Å²) in [4.78, 5) is 19.7. The van der Waals surface area contributed by atoms with Gasteiger partial charge >= 0.3 is 0 Å². The molecule has 0 radical (unpaired) electrons. The number of benzene rings is 2. The largest absolute Gasteiger partial charge is 0.387 e. The minimum atomic E-state index is -0.647. The van der Waals surface area contributed by atoms with Crippen LogP contribution in [0, 0.1) is 17.0 Å². The summed E-state index contributed by atoms with van der Waals surface area (Å²) in [5.74, 6) is -1.52. The number of rotatable bonds is 12. The van der Waals surface area contributed by atoms with Gasteiger partial charge in [-0.25, -0.2) is 8.78 Å². The molecule has 0 aliphatic heterocycles. The highest BCUT2D eigenvalue weighted by Crippen LogP contribution is 2.34. The third-order valence-electron chi connectivity index (χ3n) is 6.18. The summed E-state index contributed by atoms with van der Waals surface area (Å²) >= 11 is 0. The first-order chi connectivity index (χ1) is 18.5. The van der Waals surface area contributed by atoms with Crippen molar-refractivity contribution in [2.45, 2.75) is 66.3 Å². The molecule has 0 saturated heterocycles. The smallest absolute Gasteiger partial charge is 0.248 e. The molecule has 39 heavy (non-hydrogen) atoms. The van der Waals surface area contributed by atoms with Gasteiger partial charge in [0.1, 0.15) is 18.2 Å². The lowest BCUT2D eigenvalue weighted by Gasteiger charge is -2.41. The summed E-state index contributed by atoms with van der Waals surface area (Å²) in [5, 5.41) is 9.82. The van der Waals surface area contributed by atoms with Gasteiger partial charge in [-0.15, -0.1) is 0 Å². The number of carbonyl (C=O) groups is 1. The molecule has 0 aliphatic rings. The molecule has 1 unspecified atom stereocenters. The number of nitrogens with zero attached hydrogens (tertiary/aromatic N) is 2. The van der Waals surface area contributed by atoms with Gasteiger partial charge in [0.15, 0.2) is 0 Å². The molecule has 2 rings (SSSR count). The van der Waals surface area contributed by atoms with Gasteiger partial charge in [0.05, 0.1) is 24.6 Å². The number of hydrogen-bond donors (Lipinski definition) is 2. The highest BCUT2D eigenvalue weighted by Gasteiger charge is 2.37. The van der Waals surface area contributed by atoms with Crippen LogP contribution in [0.4, 0.5) is 13.2 Å². The number of alkyl halides is 1. The number of allylic oxidation sites excluding steroid dienone is 1. The molecule has 0 fully saturated rings. The molecule has 8 heteroatoms. The van der Waals surface area contributed by atoms with Gasteiger partial charge in [-0.3, -0.25) is 14.2 Å². The van der Waals surface area contributed by atoms with E-state index in [-0.39, 0.29) is 5.56 Å². The van der Waals surface area contributed by atoms with Crippen molar-refractivity contribution in [3.8, 4) is 0 Å². The van der Waals surface area contributed by atoms with Gasteiger partial charge in [-0.1, -0.05) is 64.4 Å². The van der Waals surface area contributed by atoms with E-state index in [0.717, 1.165) is 23.3 Å². The Morgan fingerprint density at radius 3 is 2.28 bits per heavy atom. The van der Waals surface area contributed by atoms with E-state index in [2.05, 4.69) is 0 Å². The Labute approximate surface area is 231 Å². The second-order valence-electron chi connectivity index (χ2n) is 10.4. The lowest BCUT2D eigenvalue weighted by molar-refractivity contribution is -0.138. The van der Waals surface area contributed by atoms with E-state index in [1.165, 1.54) is 6.07 Å². The Morgan fingerprint density at radius 2 is 1.74 bits per heavy atom. The van der Waals surface area contributed by atoms with Crippen molar-refractivity contribution in [1.82, 2.24) is 4.90 Å². The Hall–Kier alpha value is -2.97. The standard InChI is InChI=1S/C30H41F2N3O2.CH3F/c1-6-11-26(24-19-23(31)14-15-25(24)32)34-28(21(2)18-22-12-8-7-9-13-22)29(30(3,4)5)35(17-10-16-33)27(37)20-36;1-2/h7-9,12-15,19,29,36H,6,10-11,16-18,20,33H2,1-5H3;1H3/b28-21+,34-26?;. The molecule has 0 aliphatic carbocycles. The van der Waals surface area contributed by atoms with Crippen LogP contribution in [0.5, 0.6) is 0 Å². The van der Waals surface area contributed by atoms with Crippen molar-refractivity contribution in [1.29, 1.82) is 0 Å². The molecule has 216 valence electrons. The van der Waals surface area contributed by atoms with Crippen molar-refractivity contribution < 1.29 is 23.1 Å². The number of halogens is 3. The second kappa shape index (κ2) is 16.9. The number of aliphatic hydroxyl groups excluding tert-OH is 1. The zero-order valence-electron chi connectivity index (χ0n) is 24.1. The molecule has 2 aromatic carbocycles. The van der Waals surface area contributed by atoms with Crippen molar-refractivity contribution in [3.05, 3.63) is 82.6 Å². The van der Waals surface area contributed by atoms with Crippen LogP contribution in [0.15, 0.2) is 64.8 Å². The fourth-order valence-electron chi connectivity index (χ4n) is 4.51. The van der Waals surface area contributed by atoms with E-state index in [9.17, 15) is 23.1 Å². The summed E-state index contributed by atoms with van der Waals surface area (Å²) in [5.41, 5.74) is 8.40. The fraction of sp³-hybridized carbons (Fsp3) is 0.484. The molecule has 0 bridgehead atoms. The highest BCUT2D eigenvalue weighted by atomic mass is 19.1. The zero-order chi connectivity index (χ0) is 29.6. The molecule has 0 heterocycles. The predicted molar refractivity (Wildman–Crippen MR) is 153 cm³/mol. The lowest BCUT2D eigenvalue weighted by atomic mass is 9.81. The van der Waals surface area contributed by atoms with Gasteiger partial charge in [0.25, 0.3) is 0 Å². The molecular formula is C31H44F3N3O2. The van der Waals surface area contributed by atoms with Gasteiger partial charge < -0.3 is 15.7 Å². The van der Waals surface area contributed by atoms with Gasteiger partial charge in [0, 0.05) is 12.1 Å². The molecule has 5 nitrogen and oxygen atoms in total. The second-order valence-corrected chi connectivity index (χ2v) is 10.4. The molecule has 0 aromatic heterocycles. The molecule has 3 N–H and O–H groups in total. The van der Waals surface area contributed by atoms with E-state index >= 15 is 0 Å². The number of aliphatic imine (C=N–C) groups is 1. The Kier molecular flexibility index (Phi) is 14.7. The van der Waals surface area contributed by atoms with Crippen LogP contribution in [0.1, 0.15) is 65.0 Å². The number of amides is 1. The molecule has 0 spiro atoms. The number of hydrogen-bond acceptors (Lipinski definition) is 4. The van der Waals surface area contributed by atoms with E-state index in [1.54, 1.807) is 4.90 Å². The fourth-order valence-corrected chi connectivity index (χ4v) is 4.51. The predicted octanol–water partition coefficient (Wildman–Crippen LogP) is 6.24. The maximum absolute atomic E-state index is 14.9. The quantitative estimate of drug-likeness (QED) is 0.309. The van der Waals surface area contributed by atoms with Gasteiger partial charge in [-0.05, 0) is 67.5 Å². The van der Waals surface area contributed by atoms with Crippen molar-refractivity contribution in [2.75, 3.05) is 26.9 Å². The summed E-state index contributed by atoms with van der Waals surface area (Å²) < 4.78 is 38.6. The maximum Gasteiger partial charge on any atom is 0.248 e. The monoisotopic (exact) mass is 547 g/mol. The number of carbonyl (C=O) groups excluding carboxylic acids is 1. The average Bonchev–Trinajstić information content (AvgIpc) is 2.91.